The van der Waals surface area contributed by atoms with Gasteiger partial charge in [0.25, 0.3) is 0 Å². The Bertz CT molecular complexity index is 3130. The van der Waals surface area contributed by atoms with E-state index in [1.807, 2.05) is 12.1 Å². The van der Waals surface area contributed by atoms with Crippen LogP contribution in [0.1, 0.15) is 0 Å². The van der Waals surface area contributed by atoms with E-state index in [2.05, 4.69) is 191 Å². The standard InChI is InChI=1S/C50H32N2O/c1-4-17-39-33(13-1)15-11-24-45(39)51(48-25-12-21-43-42-20-7-10-26-49(42)53-50(43)48)36-29-27-34(28-30-36)44-32-37(31-35-14-2-3-16-38(35)44)52-46-22-8-5-18-40(46)41-19-6-9-23-47(41)52/h1-32H. The molecule has 0 atom stereocenters. The van der Waals surface area contributed by atoms with Crippen molar-refractivity contribution in [3.05, 3.63) is 194 Å². The minimum atomic E-state index is 0.871. The van der Waals surface area contributed by atoms with E-state index in [0.29, 0.717) is 0 Å². The van der Waals surface area contributed by atoms with Crippen LogP contribution in [0.25, 0.3) is 82.1 Å². The van der Waals surface area contributed by atoms with Crippen LogP contribution in [-0.4, -0.2) is 4.57 Å². The SMILES string of the molecule is c1ccc2c(-c3ccc(N(c4cccc5ccccc45)c4cccc5c4oc4ccccc45)cc3)cc(-n3c4ccccc4c4ccccc43)cc2c1. The van der Waals surface area contributed by atoms with Crippen LogP contribution in [0.4, 0.5) is 17.1 Å². The highest BCUT2D eigenvalue weighted by molar-refractivity contribution is 6.12. The van der Waals surface area contributed by atoms with Gasteiger partial charge in [-0.25, -0.2) is 0 Å². The minimum absolute atomic E-state index is 0.871. The topological polar surface area (TPSA) is 21.3 Å². The third-order valence-corrected chi connectivity index (χ3v) is 10.8. The van der Waals surface area contributed by atoms with E-state index in [4.69, 9.17) is 4.42 Å². The van der Waals surface area contributed by atoms with Gasteiger partial charge in [-0.3, -0.25) is 0 Å². The summed E-state index contributed by atoms with van der Waals surface area (Å²) in [7, 11) is 0. The Morgan fingerprint density at radius 3 is 1.74 bits per heavy atom. The molecule has 0 amide bonds. The zero-order valence-electron chi connectivity index (χ0n) is 28.8. The maximum absolute atomic E-state index is 6.63. The van der Waals surface area contributed by atoms with Gasteiger partial charge in [0.05, 0.1) is 22.4 Å². The summed E-state index contributed by atoms with van der Waals surface area (Å²) >= 11 is 0. The molecular weight excluding hydrogens is 645 g/mol. The number of rotatable bonds is 5. The van der Waals surface area contributed by atoms with E-state index < -0.39 is 0 Å². The lowest BCUT2D eigenvalue weighted by Crippen LogP contribution is -2.10. The number of benzene rings is 9. The summed E-state index contributed by atoms with van der Waals surface area (Å²) in [4.78, 5) is 2.35. The summed E-state index contributed by atoms with van der Waals surface area (Å²) in [5.74, 6) is 0. The monoisotopic (exact) mass is 676 g/mol. The lowest BCUT2D eigenvalue weighted by atomic mass is 9.96. The van der Waals surface area contributed by atoms with Crippen molar-refractivity contribution >= 4 is 82.4 Å². The molecule has 3 heteroatoms. The maximum Gasteiger partial charge on any atom is 0.159 e. The molecule has 9 aromatic carbocycles. The molecule has 0 N–H and O–H groups in total. The van der Waals surface area contributed by atoms with Crippen molar-refractivity contribution in [1.29, 1.82) is 0 Å². The van der Waals surface area contributed by atoms with Crippen LogP contribution in [0, 0.1) is 0 Å². The van der Waals surface area contributed by atoms with Gasteiger partial charge in [-0.2, -0.15) is 0 Å². The third-order valence-electron chi connectivity index (χ3n) is 10.8. The van der Waals surface area contributed by atoms with E-state index in [-0.39, 0.29) is 0 Å². The zero-order chi connectivity index (χ0) is 34.9. The summed E-state index contributed by atoms with van der Waals surface area (Å²) in [6, 6.07) is 69.7. The summed E-state index contributed by atoms with van der Waals surface area (Å²) in [6.07, 6.45) is 0. The second kappa shape index (κ2) is 11.7. The van der Waals surface area contributed by atoms with E-state index in [0.717, 1.165) is 50.3 Å². The second-order valence-electron chi connectivity index (χ2n) is 13.7. The Morgan fingerprint density at radius 1 is 0.396 bits per heavy atom. The van der Waals surface area contributed by atoms with Crippen LogP contribution in [0.2, 0.25) is 0 Å². The zero-order valence-corrected chi connectivity index (χ0v) is 28.8. The van der Waals surface area contributed by atoms with Gasteiger partial charge >= 0.3 is 0 Å². The summed E-state index contributed by atoms with van der Waals surface area (Å²) in [5, 5.41) is 9.54. The number of hydrogen-bond donors (Lipinski definition) is 0. The number of para-hydroxylation sites is 4. The molecule has 0 saturated carbocycles. The van der Waals surface area contributed by atoms with Crippen molar-refractivity contribution in [2.75, 3.05) is 4.90 Å². The highest BCUT2D eigenvalue weighted by Gasteiger charge is 2.21. The molecule has 248 valence electrons. The first-order valence-electron chi connectivity index (χ1n) is 18.1. The normalized spacial score (nSPS) is 11.8. The van der Waals surface area contributed by atoms with Crippen LogP contribution >= 0.6 is 0 Å². The minimum Gasteiger partial charge on any atom is -0.454 e. The fourth-order valence-corrected chi connectivity index (χ4v) is 8.37. The predicted octanol–water partition coefficient (Wildman–Crippen LogP) is 14.1. The predicted molar refractivity (Wildman–Crippen MR) is 223 cm³/mol. The van der Waals surface area contributed by atoms with Crippen LogP contribution in [-0.2, 0) is 0 Å². The summed E-state index contributed by atoms with van der Waals surface area (Å²) < 4.78 is 9.03. The molecule has 0 aliphatic carbocycles. The smallest absolute Gasteiger partial charge is 0.159 e. The van der Waals surface area contributed by atoms with Crippen LogP contribution in [0.5, 0.6) is 0 Å². The molecule has 0 unspecified atom stereocenters. The van der Waals surface area contributed by atoms with Crippen molar-refractivity contribution in [2.24, 2.45) is 0 Å². The number of hydrogen-bond acceptors (Lipinski definition) is 2. The van der Waals surface area contributed by atoms with Gasteiger partial charge in [0.15, 0.2) is 5.58 Å². The lowest BCUT2D eigenvalue weighted by molar-refractivity contribution is 0.669. The van der Waals surface area contributed by atoms with Crippen molar-refractivity contribution < 1.29 is 4.42 Å². The lowest BCUT2D eigenvalue weighted by Gasteiger charge is -2.27. The molecule has 0 spiro atoms. The van der Waals surface area contributed by atoms with Crippen molar-refractivity contribution in [3.63, 3.8) is 0 Å². The Morgan fingerprint density at radius 2 is 0.962 bits per heavy atom. The molecule has 11 rings (SSSR count). The molecule has 3 nitrogen and oxygen atoms in total. The largest absolute Gasteiger partial charge is 0.454 e. The summed E-state index contributed by atoms with van der Waals surface area (Å²) in [6.45, 7) is 0. The van der Waals surface area contributed by atoms with Gasteiger partial charge in [-0.15, -0.1) is 0 Å². The fraction of sp³-hybridized carbons (Fsp3) is 0. The van der Waals surface area contributed by atoms with Gasteiger partial charge < -0.3 is 13.9 Å². The maximum atomic E-state index is 6.63. The van der Waals surface area contributed by atoms with Crippen molar-refractivity contribution in [1.82, 2.24) is 4.57 Å². The van der Waals surface area contributed by atoms with E-state index in [1.54, 1.807) is 0 Å². The average Bonchev–Trinajstić information content (AvgIpc) is 3.78. The van der Waals surface area contributed by atoms with E-state index in [9.17, 15) is 0 Å². The molecule has 0 aliphatic rings. The first-order valence-corrected chi connectivity index (χ1v) is 18.1. The third kappa shape index (κ3) is 4.61. The Kier molecular flexibility index (Phi) is 6.55. The molecule has 53 heavy (non-hydrogen) atoms. The van der Waals surface area contributed by atoms with Gasteiger partial charge in [-0.1, -0.05) is 140 Å². The van der Waals surface area contributed by atoms with Gasteiger partial charge in [0.1, 0.15) is 5.58 Å². The second-order valence-corrected chi connectivity index (χ2v) is 13.7. The highest BCUT2D eigenvalue weighted by atomic mass is 16.3. The average molecular weight is 677 g/mol. The number of anilines is 3. The number of aromatic nitrogens is 1. The van der Waals surface area contributed by atoms with Gasteiger partial charge in [0, 0.05) is 38.3 Å². The summed E-state index contributed by atoms with van der Waals surface area (Å²) in [5.41, 5.74) is 10.8. The quantitative estimate of drug-likeness (QED) is 0.181. The van der Waals surface area contributed by atoms with Crippen molar-refractivity contribution in [2.45, 2.75) is 0 Å². The first kappa shape index (κ1) is 29.6. The number of furan rings is 1. The van der Waals surface area contributed by atoms with E-state index in [1.165, 1.54) is 48.9 Å². The Balaban J connectivity index is 1.12. The van der Waals surface area contributed by atoms with Crippen LogP contribution < -0.4 is 4.90 Å². The Labute approximate surface area is 306 Å². The Hall–Kier alpha value is -7.10. The number of fused-ring (bicyclic) bond motifs is 8. The first-order chi connectivity index (χ1) is 26.3. The van der Waals surface area contributed by atoms with Crippen LogP contribution in [0.15, 0.2) is 199 Å². The fourth-order valence-electron chi connectivity index (χ4n) is 8.37. The molecule has 2 aromatic heterocycles. The molecule has 0 aliphatic heterocycles. The molecule has 2 heterocycles. The van der Waals surface area contributed by atoms with E-state index >= 15 is 0 Å². The van der Waals surface area contributed by atoms with Crippen molar-refractivity contribution in [3.8, 4) is 16.8 Å². The molecule has 0 fully saturated rings. The molecule has 11 aromatic rings. The van der Waals surface area contributed by atoms with Gasteiger partial charge in [0.2, 0.25) is 0 Å². The molecule has 0 saturated heterocycles. The van der Waals surface area contributed by atoms with Gasteiger partial charge in [-0.05, 0) is 81.9 Å². The number of nitrogens with zero attached hydrogens (tertiary/aromatic N) is 2. The molecule has 0 radical (unpaired) electrons. The molecular formula is C50H32N2O. The molecule has 0 bridgehead atoms. The van der Waals surface area contributed by atoms with Crippen LogP contribution in [0.3, 0.4) is 0 Å². The highest BCUT2D eigenvalue weighted by Crippen LogP contribution is 2.45.